The van der Waals surface area contributed by atoms with Gasteiger partial charge < -0.3 is 20.5 Å². The fourth-order valence-corrected chi connectivity index (χ4v) is 2.88. The van der Waals surface area contributed by atoms with Crippen molar-refractivity contribution in [1.29, 1.82) is 0 Å². The summed E-state index contributed by atoms with van der Waals surface area (Å²) in [5.41, 5.74) is 6.40. The SMILES string of the molecule is CCSc1nnc(N)n1C(C)C(=O)Nc1ccc(OC)cc1OC. The Hall–Kier alpha value is -2.42. The van der Waals surface area contributed by atoms with Crippen molar-refractivity contribution < 1.29 is 14.3 Å². The van der Waals surface area contributed by atoms with Crippen molar-refractivity contribution in [1.82, 2.24) is 14.8 Å². The van der Waals surface area contributed by atoms with Crippen LogP contribution in [-0.2, 0) is 4.79 Å². The van der Waals surface area contributed by atoms with Gasteiger partial charge in [0, 0.05) is 6.07 Å². The Kier molecular flexibility index (Phi) is 5.91. The molecule has 0 saturated heterocycles. The zero-order valence-corrected chi connectivity index (χ0v) is 14.9. The van der Waals surface area contributed by atoms with Gasteiger partial charge in [-0.05, 0) is 24.8 Å². The Morgan fingerprint density at radius 3 is 2.75 bits per heavy atom. The van der Waals surface area contributed by atoms with Crippen LogP contribution in [0.2, 0.25) is 0 Å². The van der Waals surface area contributed by atoms with Gasteiger partial charge in [-0.2, -0.15) is 0 Å². The van der Waals surface area contributed by atoms with Crippen molar-refractivity contribution in [2.24, 2.45) is 0 Å². The molecule has 0 aliphatic carbocycles. The smallest absolute Gasteiger partial charge is 0.247 e. The molecule has 1 heterocycles. The summed E-state index contributed by atoms with van der Waals surface area (Å²) < 4.78 is 12.0. The summed E-state index contributed by atoms with van der Waals surface area (Å²) in [6, 6.07) is 4.60. The van der Waals surface area contributed by atoms with Gasteiger partial charge in [-0.3, -0.25) is 9.36 Å². The van der Waals surface area contributed by atoms with Crippen molar-refractivity contribution in [3.63, 3.8) is 0 Å². The number of hydrogen-bond donors (Lipinski definition) is 2. The van der Waals surface area contributed by atoms with Gasteiger partial charge in [0.05, 0.1) is 19.9 Å². The van der Waals surface area contributed by atoms with Crippen molar-refractivity contribution in [2.45, 2.75) is 25.0 Å². The average Bonchev–Trinajstić information content (AvgIpc) is 2.95. The van der Waals surface area contributed by atoms with Gasteiger partial charge in [-0.1, -0.05) is 18.7 Å². The summed E-state index contributed by atoms with van der Waals surface area (Å²) in [6.07, 6.45) is 0. The number of nitrogens with zero attached hydrogens (tertiary/aromatic N) is 3. The number of carbonyl (C=O) groups excluding carboxylic acids is 1. The second-order valence-corrected chi connectivity index (χ2v) is 6.11. The number of benzene rings is 1. The number of nitrogens with two attached hydrogens (primary N) is 1. The van der Waals surface area contributed by atoms with Gasteiger partial charge >= 0.3 is 0 Å². The number of amides is 1. The summed E-state index contributed by atoms with van der Waals surface area (Å²) in [4.78, 5) is 12.6. The minimum atomic E-state index is -0.569. The molecular weight excluding hydrogens is 330 g/mol. The number of thioether (sulfide) groups is 1. The molecule has 3 N–H and O–H groups in total. The second kappa shape index (κ2) is 7.91. The highest BCUT2D eigenvalue weighted by Gasteiger charge is 2.23. The largest absolute Gasteiger partial charge is 0.497 e. The number of rotatable bonds is 7. The molecule has 0 aliphatic rings. The molecule has 8 nitrogen and oxygen atoms in total. The zero-order valence-electron chi connectivity index (χ0n) is 14.1. The molecule has 9 heteroatoms. The van der Waals surface area contributed by atoms with Gasteiger partial charge in [-0.25, -0.2) is 0 Å². The van der Waals surface area contributed by atoms with Crippen LogP contribution >= 0.6 is 11.8 Å². The maximum absolute atomic E-state index is 12.6. The number of methoxy groups -OCH3 is 2. The van der Waals surface area contributed by atoms with Crippen molar-refractivity contribution in [3.05, 3.63) is 18.2 Å². The third-order valence-electron chi connectivity index (χ3n) is 3.40. The lowest BCUT2D eigenvalue weighted by Gasteiger charge is -2.17. The lowest BCUT2D eigenvalue weighted by molar-refractivity contribution is -0.118. The van der Waals surface area contributed by atoms with Crippen LogP contribution in [0.15, 0.2) is 23.4 Å². The second-order valence-electron chi connectivity index (χ2n) is 4.88. The van der Waals surface area contributed by atoms with Crippen LogP contribution in [0.5, 0.6) is 11.5 Å². The normalized spacial score (nSPS) is 11.8. The van der Waals surface area contributed by atoms with Crippen molar-refractivity contribution >= 4 is 29.3 Å². The van der Waals surface area contributed by atoms with E-state index < -0.39 is 6.04 Å². The maximum atomic E-state index is 12.6. The molecule has 1 amide bonds. The molecule has 1 unspecified atom stereocenters. The van der Waals surface area contributed by atoms with E-state index in [9.17, 15) is 4.79 Å². The Balaban J connectivity index is 2.22. The molecule has 0 fully saturated rings. The first-order valence-electron chi connectivity index (χ1n) is 7.37. The fraction of sp³-hybridized carbons (Fsp3) is 0.400. The van der Waals surface area contributed by atoms with E-state index in [0.29, 0.717) is 22.3 Å². The Bertz CT molecular complexity index is 719. The van der Waals surface area contributed by atoms with Gasteiger partial charge in [0.1, 0.15) is 17.5 Å². The highest BCUT2D eigenvalue weighted by Crippen LogP contribution is 2.30. The lowest BCUT2D eigenvalue weighted by Crippen LogP contribution is -2.25. The zero-order chi connectivity index (χ0) is 17.7. The van der Waals surface area contributed by atoms with E-state index in [1.807, 2.05) is 6.92 Å². The van der Waals surface area contributed by atoms with Gasteiger partial charge in [0.15, 0.2) is 5.16 Å². The van der Waals surface area contributed by atoms with E-state index in [2.05, 4.69) is 15.5 Å². The molecule has 1 aromatic heterocycles. The Morgan fingerprint density at radius 2 is 2.12 bits per heavy atom. The molecule has 0 radical (unpaired) electrons. The molecule has 2 aromatic rings. The van der Waals surface area contributed by atoms with E-state index in [1.54, 1.807) is 36.8 Å². The Labute approximate surface area is 144 Å². The van der Waals surface area contributed by atoms with Crippen LogP contribution in [0.4, 0.5) is 11.6 Å². The number of hydrogen-bond acceptors (Lipinski definition) is 7. The molecule has 1 atom stereocenters. The van der Waals surface area contributed by atoms with Gasteiger partial charge in [0.2, 0.25) is 11.9 Å². The third kappa shape index (κ3) is 3.73. The minimum Gasteiger partial charge on any atom is -0.497 e. The summed E-state index contributed by atoms with van der Waals surface area (Å²) >= 11 is 1.48. The van der Waals surface area contributed by atoms with Crippen LogP contribution in [-0.4, -0.2) is 40.6 Å². The predicted molar refractivity (Wildman–Crippen MR) is 93.7 cm³/mol. The minimum absolute atomic E-state index is 0.204. The molecule has 0 saturated carbocycles. The van der Waals surface area contributed by atoms with E-state index in [4.69, 9.17) is 15.2 Å². The highest BCUT2D eigenvalue weighted by molar-refractivity contribution is 7.99. The van der Waals surface area contributed by atoms with Crippen LogP contribution in [0.1, 0.15) is 19.9 Å². The molecule has 0 aliphatic heterocycles. The fourth-order valence-electron chi connectivity index (χ4n) is 2.14. The average molecular weight is 351 g/mol. The highest BCUT2D eigenvalue weighted by atomic mass is 32.2. The molecule has 0 spiro atoms. The Morgan fingerprint density at radius 1 is 1.38 bits per heavy atom. The topological polar surface area (TPSA) is 104 Å². The molecule has 130 valence electrons. The monoisotopic (exact) mass is 351 g/mol. The van der Waals surface area contributed by atoms with Crippen LogP contribution in [0.25, 0.3) is 0 Å². The molecule has 1 aromatic carbocycles. The van der Waals surface area contributed by atoms with Gasteiger partial charge in [-0.15, -0.1) is 10.2 Å². The number of carbonyl (C=O) groups is 1. The van der Waals surface area contributed by atoms with Gasteiger partial charge in [0.25, 0.3) is 0 Å². The number of nitrogens with one attached hydrogen (secondary N) is 1. The van der Waals surface area contributed by atoms with E-state index in [0.717, 1.165) is 5.75 Å². The summed E-state index contributed by atoms with van der Waals surface area (Å²) in [5.74, 6) is 1.91. The van der Waals surface area contributed by atoms with E-state index in [1.165, 1.54) is 18.9 Å². The number of nitrogen functional groups attached to an aromatic ring is 1. The molecule has 2 rings (SSSR count). The maximum Gasteiger partial charge on any atom is 0.247 e. The molecular formula is C15H21N5O3S. The first kappa shape index (κ1) is 17.9. The van der Waals surface area contributed by atoms with Crippen LogP contribution < -0.4 is 20.5 Å². The molecule has 0 bridgehead atoms. The standard InChI is InChI=1S/C15H21N5O3S/c1-5-24-15-19-18-14(16)20(15)9(2)13(21)17-11-7-6-10(22-3)8-12(11)23-4/h6-9H,5H2,1-4H3,(H2,16,18)(H,17,21). The number of aromatic nitrogens is 3. The van der Waals surface area contributed by atoms with Crippen molar-refractivity contribution in [2.75, 3.05) is 31.0 Å². The van der Waals surface area contributed by atoms with E-state index in [-0.39, 0.29) is 11.9 Å². The summed E-state index contributed by atoms with van der Waals surface area (Å²) in [5, 5.41) is 11.3. The molecule has 24 heavy (non-hydrogen) atoms. The van der Waals surface area contributed by atoms with Crippen molar-refractivity contribution in [3.8, 4) is 11.5 Å². The lowest BCUT2D eigenvalue weighted by atomic mass is 10.2. The first-order valence-corrected chi connectivity index (χ1v) is 8.36. The number of ether oxygens (including phenoxy) is 2. The number of anilines is 2. The summed E-state index contributed by atoms with van der Waals surface area (Å²) in [6.45, 7) is 3.73. The summed E-state index contributed by atoms with van der Waals surface area (Å²) in [7, 11) is 3.10. The quantitative estimate of drug-likeness (QED) is 0.737. The first-order chi connectivity index (χ1) is 11.5. The van der Waals surface area contributed by atoms with Crippen LogP contribution in [0.3, 0.4) is 0 Å². The predicted octanol–water partition coefficient (Wildman–Crippen LogP) is 2.19. The van der Waals surface area contributed by atoms with E-state index >= 15 is 0 Å². The van der Waals surface area contributed by atoms with Crippen LogP contribution in [0, 0.1) is 0 Å². The third-order valence-corrected chi connectivity index (χ3v) is 4.22.